The van der Waals surface area contributed by atoms with Crippen molar-refractivity contribution in [2.45, 2.75) is 0 Å². The Morgan fingerprint density at radius 3 is 2.08 bits per heavy atom. The number of rotatable bonds is 1. The van der Waals surface area contributed by atoms with E-state index in [1.54, 1.807) is 18.2 Å². The SMILES string of the molecule is C[NH-].O=Cc1ccccc1O.[OH3+].[Zn]. The molecule has 0 amide bonds. The molecule has 70 valence electrons. The number of nitrogens with one attached hydrogen (secondary N) is 1. The molecular formula is C8H13NO3Zn. The van der Waals surface area contributed by atoms with E-state index in [0.29, 0.717) is 11.8 Å². The quantitative estimate of drug-likeness (QED) is 0.446. The zero-order valence-corrected chi connectivity index (χ0v) is 10.5. The number of carbonyl (C=O) groups excluding carboxylic acids is 1. The molecule has 0 unspecified atom stereocenters. The zero-order valence-electron chi connectivity index (χ0n) is 7.53. The van der Waals surface area contributed by atoms with Crippen molar-refractivity contribution in [1.29, 1.82) is 0 Å². The molecule has 0 radical (unpaired) electrons. The number of aldehydes is 1. The number of aromatic hydroxyl groups is 1. The first-order valence-electron chi connectivity index (χ1n) is 3.08. The minimum atomic E-state index is 0. The van der Waals surface area contributed by atoms with Gasteiger partial charge in [-0.15, -0.1) is 0 Å². The first-order chi connectivity index (χ1) is 5.34. The second kappa shape index (κ2) is 11.2. The van der Waals surface area contributed by atoms with Crippen molar-refractivity contribution in [3.8, 4) is 5.75 Å². The van der Waals surface area contributed by atoms with Crippen LogP contribution in [0.3, 0.4) is 0 Å². The topological polar surface area (TPSA) is 94.1 Å². The third-order valence-corrected chi connectivity index (χ3v) is 1.06. The van der Waals surface area contributed by atoms with Crippen molar-refractivity contribution in [3.05, 3.63) is 35.6 Å². The molecule has 4 nitrogen and oxygen atoms in total. The summed E-state index contributed by atoms with van der Waals surface area (Å²) in [5.74, 6) is 0.0347. The maximum atomic E-state index is 10.1. The number of benzene rings is 1. The Labute approximate surface area is 89.8 Å². The summed E-state index contributed by atoms with van der Waals surface area (Å²) in [7, 11) is 1.25. The number of hydrogen-bond donors (Lipinski definition) is 1. The van der Waals surface area contributed by atoms with E-state index in [9.17, 15) is 4.79 Å². The molecule has 0 heterocycles. The molecule has 0 aliphatic rings. The average Bonchev–Trinajstić information content (AvgIpc) is 2.09. The van der Waals surface area contributed by atoms with Crippen molar-refractivity contribution in [2.24, 2.45) is 0 Å². The first kappa shape index (κ1) is 18.1. The summed E-state index contributed by atoms with van der Waals surface area (Å²) >= 11 is 0. The monoisotopic (exact) mass is 235 g/mol. The minimum Gasteiger partial charge on any atom is -0.680 e. The summed E-state index contributed by atoms with van der Waals surface area (Å²) in [6, 6.07) is 6.40. The van der Waals surface area contributed by atoms with Crippen LogP contribution in [-0.4, -0.2) is 18.4 Å². The molecule has 0 bridgehead atoms. The number of para-hydroxylation sites is 1. The van der Waals surface area contributed by atoms with Gasteiger partial charge in [0.05, 0.1) is 5.56 Å². The largest absolute Gasteiger partial charge is 0.680 e. The van der Waals surface area contributed by atoms with Gasteiger partial charge in [0.25, 0.3) is 0 Å². The first-order valence-corrected chi connectivity index (χ1v) is 3.08. The average molecular weight is 237 g/mol. The van der Waals surface area contributed by atoms with E-state index >= 15 is 0 Å². The van der Waals surface area contributed by atoms with Gasteiger partial charge in [-0.05, 0) is 12.1 Å². The molecule has 0 saturated heterocycles. The smallest absolute Gasteiger partial charge is 0.153 e. The van der Waals surface area contributed by atoms with E-state index in [4.69, 9.17) is 10.8 Å². The predicted octanol–water partition coefficient (Wildman–Crippen LogP) is 0.949. The Kier molecular flexibility index (Phi) is 15.6. The standard InChI is InChI=1S/C7H6O2.CH4N.H2O.Zn/c8-5-6-3-1-2-4-7(6)9;1-2;;/h1-5,9H;2H,1H3;1H2;/q;-1;;/p+1. The summed E-state index contributed by atoms with van der Waals surface area (Å²) in [6.07, 6.45) is 0.620. The van der Waals surface area contributed by atoms with Gasteiger partial charge in [0.1, 0.15) is 5.75 Å². The third kappa shape index (κ3) is 6.40. The maximum absolute atomic E-state index is 10.1. The van der Waals surface area contributed by atoms with Gasteiger partial charge in [-0.1, -0.05) is 12.1 Å². The molecule has 0 aromatic heterocycles. The van der Waals surface area contributed by atoms with Crippen molar-refractivity contribution in [3.63, 3.8) is 0 Å². The van der Waals surface area contributed by atoms with E-state index in [0.717, 1.165) is 0 Å². The molecule has 13 heavy (non-hydrogen) atoms. The molecule has 0 aliphatic heterocycles. The Balaban J connectivity index is -0.000000234. The summed E-state index contributed by atoms with van der Waals surface area (Å²) in [5.41, 5.74) is 6.08. The zero-order chi connectivity index (χ0) is 8.69. The van der Waals surface area contributed by atoms with Crippen LogP contribution in [0, 0.1) is 0 Å². The van der Waals surface area contributed by atoms with Crippen LogP contribution < -0.4 is 0 Å². The molecule has 0 aliphatic carbocycles. The van der Waals surface area contributed by atoms with Crippen molar-refractivity contribution >= 4 is 6.29 Å². The van der Waals surface area contributed by atoms with Crippen molar-refractivity contribution in [2.75, 3.05) is 7.05 Å². The molecule has 1 aromatic rings. The van der Waals surface area contributed by atoms with Crippen LogP contribution in [0.5, 0.6) is 5.75 Å². The van der Waals surface area contributed by atoms with E-state index < -0.39 is 0 Å². The van der Waals surface area contributed by atoms with Crippen LogP contribution in [0.15, 0.2) is 24.3 Å². The summed E-state index contributed by atoms with van der Waals surface area (Å²) in [4.78, 5) is 10.1. The van der Waals surface area contributed by atoms with E-state index in [-0.39, 0.29) is 30.7 Å². The molecule has 0 atom stereocenters. The molecule has 1 aromatic carbocycles. The fourth-order valence-corrected chi connectivity index (χ4v) is 0.587. The molecule has 0 saturated carbocycles. The number of phenols is 1. The van der Waals surface area contributed by atoms with Gasteiger partial charge in [-0.2, -0.15) is 7.05 Å². The molecule has 1 rings (SSSR count). The fraction of sp³-hybridized carbons (Fsp3) is 0.125. The van der Waals surface area contributed by atoms with E-state index in [2.05, 4.69) is 0 Å². The Hall–Kier alpha value is -0.767. The Morgan fingerprint density at radius 1 is 1.31 bits per heavy atom. The van der Waals surface area contributed by atoms with Gasteiger partial charge in [0.2, 0.25) is 0 Å². The Bertz CT molecular complexity index is 230. The van der Waals surface area contributed by atoms with Gasteiger partial charge in [0.15, 0.2) is 6.29 Å². The van der Waals surface area contributed by atoms with Crippen LogP contribution in [0.4, 0.5) is 0 Å². The summed E-state index contributed by atoms with van der Waals surface area (Å²) < 4.78 is 0. The van der Waals surface area contributed by atoms with Crippen LogP contribution in [-0.2, 0) is 25.0 Å². The van der Waals surface area contributed by atoms with Gasteiger partial charge < -0.3 is 16.3 Å². The molecule has 0 fully saturated rings. The third-order valence-electron chi connectivity index (χ3n) is 1.06. The second-order valence-corrected chi connectivity index (χ2v) is 1.68. The Morgan fingerprint density at radius 2 is 1.77 bits per heavy atom. The van der Waals surface area contributed by atoms with Crippen LogP contribution in [0.2, 0.25) is 0 Å². The maximum Gasteiger partial charge on any atom is 0.153 e. The molecular weight excluding hydrogens is 223 g/mol. The van der Waals surface area contributed by atoms with Crippen molar-refractivity contribution < 1.29 is 34.9 Å². The fourth-order valence-electron chi connectivity index (χ4n) is 0.587. The van der Waals surface area contributed by atoms with Gasteiger partial charge in [-0.3, -0.25) is 4.79 Å². The van der Waals surface area contributed by atoms with E-state index in [1.807, 2.05) is 0 Å². The second-order valence-electron chi connectivity index (χ2n) is 1.68. The molecule has 5 heteroatoms. The van der Waals surface area contributed by atoms with Crippen LogP contribution in [0.1, 0.15) is 10.4 Å². The van der Waals surface area contributed by atoms with Gasteiger partial charge in [0, 0.05) is 19.5 Å². The molecule has 5 N–H and O–H groups in total. The number of phenolic OH excluding ortho intramolecular Hbond substituents is 1. The van der Waals surface area contributed by atoms with Crippen LogP contribution in [0.25, 0.3) is 5.73 Å². The molecule has 0 spiro atoms. The summed E-state index contributed by atoms with van der Waals surface area (Å²) in [5, 5.41) is 8.88. The number of hydrogen-bond acceptors (Lipinski definition) is 2. The number of carbonyl (C=O) groups is 1. The normalized spacial score (nSPS) is 6.62. The van der Waals surface area contributed by atoms with Gasteiger partial charge in [-0.25, -0.2) is 0 Å². The summed E-state index contributed by atoms with van der Waals surface area (Å²) in [6.45, 7) is 0. The predicted molar refractivity (Wildman–Crippen MR) is 48.6 cm³/mol. The van der Waals surface area contributed by atoms with E-state index in [1.165, 1.54) is 13.1 Å². The van der Waals surface area contributed by atoms with Crippen LogP contribution >= 0.6 is 0 Å². The van der Waals surface area contributed by atoms with Gasteiger partial charge >= 0.3 is 0 Å². The van der Waals surface area contributed by atoms with Crippen molar-refractivity contribution in [1.82, 2.24) is 0 Å². The minimum absolute atomic E-state index is 0.